The number of thioether (sulfide) groups is 1. The van der Waals surface area contributed by atoms with Crippen LogP contribution in [0.15, 0.2) is 89.8 Å². The van der Waals surface area contributed by atoms with Crippen molar-refractivity contribution in [1.29, 1.82) is 0 Å². The van der Waals surface area contributed by atoms with Gasteiger partial charge in [0, 0.05) is 10.4 Å². The summed E-state index contributed by atoms with van der Waals surface area (Å²) in [7, 11) is 1.46. The van der Waals surface area contributed by atoms with Crippen molar-refractivity contribution in [3.8, 4) is 17.2 Å². The van der Waals surface area contributed by atoms with Gasteiger partial charge in [-0.25, -0.2) is 4.79 Å². The molecule has 4 aromatic carbocycles. The molecule has 4 aromatic rings. The van der Waals surface area contributed by atoms with Crippen molar-refractivity contribution >= 4 is 57.3 Å². The lowest BCUT2D eigenvalue weighted by Gasteiger charge is -2.14. The maximum atomic E-state index is 13.0. The molecule has 5 rings (SSSR count). The second-order valence-corrected chi connectivity index (χ2v) is 9.90. The first-order valence-corrected chi connectivity index (χ1v) is 13.1. The molecule has 0 radical (unpaired) electrons. The van der Waals surface area contributed by atoms with Crippen LogP contribution >= 0.6 is 23.4 Å². The first kappa shape index (κ1) is 26.3. The Bertz CT molecular complexity index is 1600. The van der Waals surface area contributed by atoms with Gasteiger partial charge in [0.1, 0.15) is 12.4 Å². The molecule has 196 valence electrons. The SMILES string of the molecule is COc1ccc(/C=C2\SC(=O)N(CCOc3cccc4ccccc34)C2=O)cc1OC(=O)c1ccc(Cl)cc1. The monoisotopic (exact) mass is 559 g/mol. The molecule has 7 nitrogen and oxygen atoms in total. The molecule has 0 aromatic heterocycles. The van der Waals surface area contributed by atoms with Crippen LogP contribution in [-0.4, -0.2) is 42.3 Å². The summed E-state index contributed by atoms with van der Waals surface area (Å²) >= 11 is 6.74. The normalized spacial score (nSPS) is 14.2. The predicted octanol–water partition coefficient (Wildman–Crippen LogP) is 6.84. The predicted molar refractivity (Wildman–Crippen MR) is 152 cm³/mol. The number of amides is 2. The van der Waals surface area contributed by atoms with Gasteiger partial charge in [-0.3, -0.25) is 14.5 Å². The Balaban J connectivity index is 1.28. The van der Waals surface area contributed by atoms with Crippen molar-refractivity contribution < 1.29 is 28.6 Å². The molecule has 1 aliphatic heterocycles. The van der Waals surface area contributed by atoms with Gasteiger partial charge in [-0.05, 0) is 71.3 Å². The number of hydrogen-bond donors (Lipinski definition) is 0. The van der Waals surface area contributed by atoms with Gasteiger partial charge in [-0.2, -0.15) is 0 Å². The lowest BCUT2D eigenvalue weighted by molar-refractivity contribution is -0.123. The zero-order chi connectivity index (χ0) is 27.4. The summed E-state index contributed by atoms with van der Waals surface area (Å²) < 4.78 is 16.8. The molecule has 1 fully saturated rings. The highest BCUT2D eigenvalue weighted by molar-refractivity contribution is 8.18. The summed E-state index contributed by atoms with van der Waals surface area (Å²) in [5.74, 6) is 0.201. The number of rotatable bonds is 8. The number of imide groups is 1. The van der Waals surface area contributed by atoms with Gasteiger partial charge < -0.3 is 14.2 Å². The number of ether oxygens (including phenoxy) is 3. The van der Waals surface area contributed by atoms with Gasteiger partial charge in [-0.15, -0.1) is 0 Å². The minimum atomic E-state index is -0.589. The molecule has 9 heteroatoms. The molecule has 0 saturated carbocycles. The fourth-order valence-corrected chi connectivity index (χ4v) is 5.01. The Morgan fingerprint density at radius 3 is 2.49 bits per heavy atom. The molecule has 39 heavy (non-hydrogen) atoms. The molecule has 0 N–H and O–H groups in total. The van der Waals surface area contributed by atoms with E-state index in [0.717, 1.165) is 27.4 Å². The number of halogens is 1. The number of hydrogen-bond acceptors (Lipinski definition) is 7. The molecule has 0 spiro atoms. The zero-order valence-electron chi connectivity index (χ0n) is 20.8. The largest absolute Gasteiger partial charge is 0.493 e. The van der Waals surface area contributed by atoms with Gasteiger partial charge in [0.2, 0.25) is 0 Å². The van der Waals surface area contributed by atoms with Crippen molar-refractivity contribution in [3.63, 3.8) is 0 Å². The van der Waals surface area contributed by atoms with Crippen LogP contribution in [0.25, 0.3) is 16.8 Å². The average molecular weight is 560 g/mol. The topological polar surface area (TPSA) is 82.1 Å². The Morgan fingerprint density at radius 2 is 1.69 bits per heavy atom. The Kier molecular flexibility index (Phi) is 7.86. The molecular formula is C30H22ClNO6S. The molecule has 1 saturated heterocycles. The highest BCUT2D eigenvalue weighted by Gasteiger charge is 2.35. The van der Waals surface area contributed by atoms with Crippen molar-refractivity contribution in [2.45, 2.75) is 0 Å². The van der Waals surface area contributed by atoms with E-state index in [4.69, 9.17) is 25.8 Å². The third-order valence-corrected chi connectivity index (χ3v) is 7.12. The summed E-state index contributed by atoms with van der Waals surface area (Å²) in [5.41, 5.74) is 0.880. The quantitative estimate of drug-likeness (QED) is 0.133. The van der Waals surface area contributed by atoms with E-state index >= 15 is 0 Å². The molecular weight excluding hydrogens is 538 g/mol. The lowest BCUT2D eigenvalue weighted by Crippen LogP contribution is -2.32. The summed E-state index contributed by atoms with van der Waals surface area (Å²) in [5, 5.41) is 2.12. The summed E-state index contributed by atoms with van der Waals surface area (Å²) in [6.45, 7) is 0.268. The van der Waals surface area contributed by atoms with Crippen LogP contribution < -0.4 is 14.2 Å². The number of fused-ring (bicyclic) bond motifs is 1. The van der Waals surface area contributed by atoms with E-state index in [1.165, 1.54) is 7.11 Å². The fourth-order valence-electron chi connectivity index (χ4n) is 4.02. The van der Waals surface area contributed by atoms with Crippen LogP contribution in [0.1, 0.15) is 15.9 Å². The van der Waals surface area contributed by atoms with Crippen LogP contribution in [0.4, 0.5) is 4.79 Å². The molecule has 0 unspecified atom stereocenters. The molecule has 1 aliphatic rings. The highest BCUT2D eigenvalue weighted by Crippen LogP contribution is 2.35. The Labute approximate surface area is 233 Å². The second kappa shape index (κ2) is 11.6. The third-order valence-electron chi connectivity index (χ3n) is 5.96. The molecule has 0 atom stereocenters. The minimum Gasteiger partial charge on any atom is -0.493 e. The maximum absolute atomic E-state index is 13.0. The van der Waals surface area contributed by atoms with Crippen LogP contribution in [0.5, 0.6) is 17.2 Å². The van der Waals surface area contributed by atoms with Gasteiger partial charge in [0.05, 0.1) is 24.1 Å². The Morgan fingerprint density at radius 1 is 0.923 bits per heavy atom. The van der Waals surface area contributed by atoms with Gasteiger partial charge in [-0.1, -0.05) is 54.1 Å². The van der Waals surface area contributed by atoms with Gasteiger partial charge in [0.25, 0.3) is 11.1 Å². The fraction of sp³-hybridized carbons (Fsp3) is 0.100. The van der Waals surface area contributed by atoms with E-state index < -0.39 is 11.9 Å². The van der Waals surface area contributed by atoms with Crippen molar-refractivity contribution in [1.82, 2.24) is 4.90 Å². The van der Waals surface area contributed by atoms with E-state index in [1.54, 1.807) is 48.5 Å². The zero-order valence-corrected chi connectivity index (χ0v) is 22.3. The van der Waals surface area contributed by atoms with Crippen LogP contribution in [-0.2, 0) is 4.79 Å². The third kappa shape index (κ3) is 5.92. The van der Waals surface area contributed by atoms with Crippen LogP contribution in [0.2, 0.25) is 5.02 Å². The number of benzene rings is 4. The van der Waals surface area contributed by atoms with Crippen molar-refractivity contribution in [3.05, 3.63) is 106 Å². The number of carbonyl (C=O) groups is 3. The van der Waals surface area contributed by atoms with Crippen LogP contribution in [0.3, 0.4) is 0 Å². The van der Waals surface area contributed by atoms with E-state index in [9.17, 15) is 14.4 Å². The number of nitrogens with zero attached hydrogens (tertiary/aromatic N) is 1. The van der Waals surface area contributed by atoms with E-state index in [0.29, 0.717) is 27.6 Å². The average Bonchev–Trinajstić information content (AvgIpc) is 3.21. The van der Waals surface area contributed by atoms with E-state index in [1.807, 2.05) is 42.5 Å². The standard InChI is InChI=1S/C30H22ClNO6S/c1-36-25-14-9-19(17-26(25)38-29(34)21-10-12-22(31)13-11-21)18-27-28(33)32(30(35)39-27)15-16-37-24-8-4-6-20-5-2-3-7-23(20)24/h2-14,17-18H,15-16H2,1H3/b27-18-. The highest BCUT2D eigenvalue weighted by atomic mass is 35.5. The smallest absolute Gasteiger partial charge is 0.343 e. The van der Waals surface area contributed by atoms with Gasteiger partial charge >= 0.3 is 5.97 Å². The summed E-state index contributed by atoms with van der Waals surface area (Å²) in [6, 6.07) is 24.8. The summed E-state index contributed by atoms with van der Waals surface area (Å²) in [4.78, 5) is 39.6. The van der Waals surface area contributed by atoms with E-state index in [2.05, 4.69) is 0 Å². The number of esters is 1. The molecule has 2 amide bonds. The maximum Gasteiger partial charge on any atom is 0.343 e. The number of methoxy groups -OCH3 is 1. The van der Waals surface area contributed by atoms with Crippen LogP contribution in [0, 0.1) is 0 Å². The molecule has 0 aliphatic carbocycles. The van der Waals surface area contributed by atoms with E-state index in [-0.39, 0.29) is 29.0 Å². The lowest BCUT2D eigenvalue weighted by atomic mass is 10.1. The van der Waals surface area contributed by atoms with Gasteiger partial charge in [0.15, 0.2) is 11.5 Å². The molecule has 0 bridgehead atoms. The minimum absolute atomic E-state index is 0.109. The Hall–Kier alpha value is -4.27. The molecule has 1 heterocycles. The number of carbonyl (C=O) groups excluding carboxylic acids is 3. The first-order valence-electron chi connectivity index (χ1n) is 11.9. The van der Waals surface area contributed by atoms with Crippen molar-refractivity contribution in [2.75, 3.05) is 20.3 Å². The first-order chi connectivity index (χ1) is 18.9. The second-order valence-electron chi connectivity index (χ2n) is 8.47. The van der Waals surface area contributed by atoms with Crippen molar-refractivity contribution in [2.24, 2.45) is 0 Å². The summed E-state index contributed by atoms with van der Waals surface area (Å²) in [6.07, 6.45) is 1.58.